The fraction of sp³-hybridized carbons (Fsp3) is 1.00. The maximum Gasteiger partial charge on any atom is 0.0193 e. The predicted octanol–water partition coefficient (Wildman–Crippen LogP) is -0.472. The summed E-state index contributed by atoms with van der Waals surface area (Å²) in [4.78, 5) is 7.65. The third kappa shape index (κ3) is 3.42. The van der Waals surface area contributed by atoms with Gasteiger partial charge in [-0.25, -0.2) is 0 Å². The van der Waals surface area contributed by atoms with Gasteiger partial charge in [-0.2, -0.15) is 0 Å². The molecule has 0 aromatic carbocycles. The monoisotopic (exact) mass is 226 g/mol. The van der Waals surface area contributed by atoms with Crippen LogP contribution in [0.15, 0.2) is 0 Å². The van der Waals surface area contributed by atoms with Gasteiger partial charge in [0, 0.05) is 64.9 Å². The lowest BCUT2D eigenvalue weighted by molar-refractivity contribution is 0.113. The molecule has 1 atom stereocenters. The van der Waals surface area contributed by atoms with E-state index in [1.165, 1.54) is 45.8 Å². The van der Waals surface area contributed by atoms with Crippen molar-refractivity contribution in [2.75, 3.05) is 66.0 Å². The third-order valence-electron chi connectivity index (χ3n) is 3.94. The summed E-state index contributed by atoms with van der Waals surface area (Å²) in [5.41, 5.74) is 0. The van der Waals surface area contributed by atoms with Gasteiger partial charge < -0.3 is 10.2 Å². The van der Waals surface area contributed by atoms with Crippen LogP contribution in [-0.4, -0.2) is 86.7 Å². The van der Waals surface area contributed by atoms with E-state index in [2.05, 4.69) is 34.0 Å². The lowest BCUT2D eigenvalue weighted by atomic mass is 10.2. The number of piperazine rings is 2. The van der Waals surface area contributed by atoms with E-state index < -0.39 is 0 Å². The highest BCUT2D eigenvalue weighted by Gasteiger charge is 2.19. The summed E-state index contributed by atoms with van der Waals surface area (Å²) in [6, 6.07) is 0.709. The zero-order valence-electron chi connectivity index (χ0n) is 10.8. The quantitative estimate of drug-likeness (QED) is 0.702. The van der Waals surface area contributed by atoms with Crippen molar-refractivity contribution in [3.63, 3.8) is 0 Å². The minimum Gasteiger partial charge on any atom is -0.314 e. The average molecular weight is 226 g/mol. The standard InChI is InChI=1S/C12H26N4/c1-12-11-13-3-4-16(12)10-9-15-7-5-14(2)6-8-15/h12-13H,3-11H2,1-2H3/t12-/m1/s1. The van der Waals surface area contributed by atoms with Crippen LogP contribution in [0.5, 0.6) is 0 Å². The Labute approximate surface area is 99.6 Å². The Morgan fingerprint density at radius 1 is 1.06 bits per heavy atom. The van der Waals surface area contributed by atoms with E-state index in [0.29, 0.717) is 6.04 Å². The molecule has 0 unspecified atom stereocenters. The maximum absolute atomic E-state index is 3.45. The molecule has 94 valence electrons. The van der Waals surface area contributed by atoms with Gasteiger partial charge in [-0.3, -0.25) is 9.80 Å². The summed E-state index contributed by atoms with van der Waals surface area (Å²) in [7, 11) is 2.22. The van der Waals surface area contributed by atoms with Gasteiger partial charge in [0.15, 0.2) is 0 Å². The minimum absolute atomic E-state index is 0.709. The highest BCUT2D eigenvalue weighted by molar-refractivity contribution is 4.78. The fourth-order valence-corrected chi connectivity index (χ4v) is 2.56. The lowest BCUT2D eigenvalue weighted by Gasteiger charge is -2.37. The Morgan fingerprint density at radius 2 is 1.81 bits per heavy atom. The van der Waals surface area contributed by atoms with Gasteiger partial charge in [0.05, 0.1) is 0 Å². The molecule has 2 aliphatic rings. The van der Waals surface area contributed by atoms with Crippen LogP contribution >= 0.6 is 0 Å². The molecule has 4 nitrogen and oxygen atoms in total. The van der Waals surface area contributed by atoms with Crippen LogP contribution in [0.2, 0.25) is 0 Å². The molecule has 0 bridgehead atoms. The number of nitrogens with zero attached hydrogens (tertiary/aromatic N) is 3. The van der Waals surface area contributed by atoms with Crippen molar-refractivity contribution >= 4 is 0 Å². The minimum atomic E-state index is 0.709. The molecule has 2 fully saturated rings. The Bertz CT molecular complexity index is 201. The van der Waals surface area contributed by atoms with Gasteiger partial charge >= 0.3 is 0 Å². The van der Waals surface area contributed by atoms with Crippen LogP contribution in [0.4, 0.5) is 0 Å². The molecule has 4 heteroatoms. The zero-order valence-corrected chi connectivity index (χ0v) is 10.8. The molecular weight excluding hydrogens is 200 g/mol. The van der Waals surface area contributed by atoms with E-state index in [1.54, 1.807) is 0 Å². The number of hydrogen-bond donors (Lipinski definition) is 1. The van der Waals surface area contributed by atoms with Gasteiger partial charge in [-0.15, -0.1) is 0 Å². The summed E-state index contributed by atoms with van der Waals surface area (Å²) in [6.07, 6.45) is 0. The smallest absolute Gasteiger partial charge is 0.0193 e. The number of hydrogen-bond acceptors (Lipinski definition) is 4. The second kappa shape index (κ2) is 5.96. The van der Waals surface area contributed by atoms with Gasteiger partial charge in [-0.05, 0) is 14.0 Å². The van der Waals surface area contributed by atoms with Crippen LogP contribution in [0, 0.1) is 0 Å². The van der Waals surface area contributed by atoms with Gasteiger partial charge in [0.1, 0.15) is 0 Å². The molecule has 2 saturated heterocycles. The SMILES string of the molecule is C[C@@H]1CNCCN1CCN1CCN(C)CC1. The molecule has 0 spiro atoms. The van der Waals surface area contributed by atoms with E-state index in [4.69, 9.17) is 0 Å². The Kier molecular flexibility index (Phi) is 4.58. The van der Waals surface area contributed by atoms with Crippen LogP contribution in [0.1, 0.15) is 6.92 Å². The summed E-state index contributed by atoms with van der Waals surface area (Å²) < 4.78 is 0. The molecule has 0 aromatic rings. The Balaban J connectivity index is 1.66. The van der Waals surface area contributed by atoms with Crippen molar-refractivity contribution in [1.29, 1.82) is 0 Å². The van der Waals surface area contributed by atoms with Crippen molar-refractivity contribution in [1.82, 2.24) is 20.0 Å². The molecule has 0 radical (unpaired) electrons. The summed E-state index contributed by atoms with van der Waals surface area (Å²) in [5.74, 6) is 0. The number of nitrogens with one attached hydrogen (secondary N) is 1. The normalized spacial score (nSPS) is 30.8. The molecule has 0 aliphatic carbocycles. The van der Waals surface area contributed by atoms with Crippen LogP contribution in [-0.2, 0) is 0 Å². The van der Waals surface area contributed by atoms with E-state index >= 15 is 0 Å². The Morgan fingerprint density at radius 3 is 2.50 bits per heavy atom. The topological polar surface area (TPSA) is 21.8 Å². The van der Waals surface area contributed by atoms with Crippen molar-refractivity contribution in [2.45, 2.75) is 13.0 Å². The third-order valence-corrected chi connectivity index (χ3v) is 3.94. The van der Waals surface area contributed by atoms with E-state index in [9.17, 15) is 0 Å². The van der Waals surface area contributed by atoms with Gasteiger partial charge in [0.25, 0.3) is 0 Å². The first kappa shape index (κ1) is 12.3. The molecule has 2 aliphatic heterocycles. The second-order valence-electron chi connectivity index (χ2n) is 5.23. The van der Waals surface area contributed by atoms with Gasteiger partial charge in [0.2, 0.25) is 0 Å². The van der Waals surface area contributed by atoms with Gasteiger partial charge in [-0.1, -0.05) is 0 Å². The number of rotatable bonds is 3. The summed E-state index contributed by atoms with van der Waals surface area (Å²) in [6.45, 7) is 13.3. The predicted molar refractivity (Wildman–Crippen MR) is 67.8 cm³/mol. The second-order valence-corrected chi connectivity index (χ2v) is 5.23. The molecule has 1 N–H and O–H groups in total. The summed E-state index contributed by atoms with van der Waals surface area (Å²) >= 11 is 0. The molecule has 16 heavy (non-hydrogen) atoms. The van der Waals surface area contributed by atoms with Crippen LogP contribution in [0.25, 0.3) is 0 Å². The van der Waals surface area contributed by atoms with Crippen LogP contribution in [0.3, 0.4) is 0 Å². The molecular formula is C12H26N4. The molecule has 0 amide bonds. The van der Waals surface area contributed by atoms with Crippen molar-refractivity contribution in [2.24, 2.45) is 0 Å². The first-order valence-corrected chi connectivity index (χ1v) is 6.61. The largest absolute Gasteiger partial charge is 0.314 e. The molecule has 2 rings (SSSR count). The van der Waals surface area contributed by atoms with E-state index in [1.807, 2.05) is 0 Å². The zero-order chi connectivity index (χ0) is 11.4. The molecule has 0 aromatic heterocycles. The van der Waals surface area contributed by atoms with Crippen LogP contribution < -0.4 is 5.32 Å². The van der Waals surface area contributed by atoms with E-state index in [0.717, 1.165) is 13.1 Å². The molecule has 0 saturated carbocycles. The maximum atomic E-state index is 3.45. The van der Waals surface area contributed by atoms with Crippen molar-refractivity contribution in [3.05, 3.63) is 0 Å². The fourth-order valence-electron chi connectivity index (χ4n) is 2.56. The highest BCUT2D eigenvalue weighted by Crippen LogP contribution is 2.04. The molecule has 2 heterocycles. The lowest BCUT2D eigenvalue weighted by Crippen LogP contribution is -2.53. The first-order chi connectivity index (χ1) is 7.75. The average Bonchev–Trinajstić information content (AvgIpc) is 2.30. The number of likely N-dealkylation sites (N-methyl/N-ethyl adjacent to an activating group) is 1. The first-order valence-electron chi connectivity index (χ1n) is 6.61. The highest BCUT2D eigenvalue weighted by atomic mass is 15.3. The van der Waals surface area contributed by atoms with Crippen molar-refractivity contribution in [3.8, 4) is 0 Å². The van der Waals surface area contributed by atoms with E-state index in [-0.39, 0.29) is 0 Å². The Hall–Kier alpha value is -0.160. The summed E-state index contributed by atoms with van der Waals surface area (Å²) in [5, 5.41) is 3.45. The van der Waals surface area contributed by atoms with Crippen molar-refractivity contribution < 1.29 is 0 Å².